The Kier molecular flexibility index (Phi) is 5.15. The summed E-state index contributed by atoms with van der Waals surface area (Å²) >= 11 is 0. The topological polar surface area (TPSA) is 106 Å². The lowest BCUT2D eigenvalue weighted by molar-refractivity contribution is 0.0703. The summed E-state index contributed by atoms with van der Waals surface area (Å²) in [6, 6.07) is 11.9. The molecule has 0 saturated carbocycles. The molecule has 1 fully saturated rings. The number of nitrogens with two attached hydrogens (primary N) is 1. The molecule has 3 heterocycles. The maximum absolute atomic E-state index is 14.4. The number of aryl methyl sites for hydroxylation is 1. The van der Waals surface area contributed by atoms with Gasteiger partial charge in [0.1, 0.15) is 23.4 Å². The fourth-order valence-corrected chi connectivity index (χ4v) is 4.29. The van der Waals surface area contributed by atoms with Crippen molar-refractivity contribution in [3.8, 4) is 23.1 Å². The van der Waals surface area contributed by atoms with E-state index in [1.807, 2.05) is 31.3 Å². The maximum Gasteiger partial charge on any atom is 0.274 e. The van der Waals surface area contributed by atoms with Crippen molar-refractivity contribution in [3.05, 3.63) is 65.9 Å². The van der Waals surface area contributed by atoms with Gasteiger partial charge in [0.25, 0.3) is 5.91 Å². The molecule has 1 amide bonds. The molecule has 0 bridgehead atoms. The summed E-state index contributed by atoms with van der Waals surface area (Å²) in [5, 5.41) is 14.3. The number of halogens is 1. The summed E-state index contributed by atoms with van der Waals surface area (Å²) in [4.78, 5) is 19.5. The number of carbonyl (C=O) groups excluding carboxylic acids is 1. The van der Waals surface area contributed by atoms with Gasteiger partial charge in [0.15, 0.2) is 0 Å². The van der Waals surface area contributed by atoms with Gasteiger partial charge in [0.2, 0.25) is 0 Å². The summed E-state index contributed by atoms with van der Waals surface area (Å²) < 4.78 is 18.0. The van der Waals surface area contributed by atoms with Crippen LogP contribution in [0.4, 0.5) is 4.39 Å². The molecule has 166 valence electrons. The van der Waals surface area contributed by atoms with E-state index in [-0.39, 0.29) is 23.2 Å². The van der Waals surface area contributed by atoms with Crippen molar-refractivity contribution in [1.29, 1.82) is 5.26 Å². The van der Waals surface area contributed by atoms with Crippen molar-refractivity contribution >= 4 is 16.8 Å². The van der Waals surface area contributed by atoms with Gasteiger partial charge in [-0.3, -0.25) is 14.0 Å². The Balaban J connectivity index is 1.63. The van der Waals surface area contributed by atoms with Gasteiger partial charge in [0, 0.05) is 49.0 Å². The molecule has 4 aromatic rings. The average Bonchev–Trinajstić information content (AvgIpc) is 3.42. The van der Waals surface area contributed by atoms with E-state index >= 15 is 0 Å². The quantitative estimate of drug-likeness (QED) is 0.524. The predicted molar refractivity (Wildman–Crippen MR) is 121 cm³/mol. The Morgan fingerprint density at radius 1 is 1.27 bits per heavy atom. The minimum absolute atomic E-state index is 0.0489. The van der Waals surface area contributed by atoms with Gasteiger partial charge in [-0.1, -0.05) is 0 Å². The Bertz CT molecular complexity index is 1410. The molecule has 0 spiro atoms. The summed E-state index contributed by atoms with van der Waals surface area (Å²) in [5.41, 5.74) is 8.46. The number of amides is 1. The fraction of sp³-hybridized carbons (Fsp3) is 0.250. The van der Waals surface area contributed by atoms with E-state index in [4.69, 9.17) is 11.0 Å². The molecule has 33 heavy (non-hydrogen) atoms. The Hall–Kier alpha value is -4.03. The zero-order valence-electron chi connectivity index (χ0n) is 18.1. The number of hydrogen-bond acceptors (Lipinski definition) is 5. The van der Waals surface area contributed by atoms with Crippen LogP contribution in [0.15, 0.2) is 48.8 Å². The van der Waals surface area contributed by atoms with E-state index in [1.54, 1.807) is 32.6 Å². The highest BCUT2D eigenvalue weighted by atomic mass is 19.1. The number of fused-ring (bicyclic) bond motifs is 1. The van der Waals surface area contributed by atoms with Crippen LogP contribution in [0.25, 0.3) is 28.0 Å². The van der Waals surface area contributed by atoms with Crippen LogP contribution in [0.1, 0.15) is 28.9 Å². The standard InChI is InChI=1S/C24H22FN7O/c1-30-22-7-6-19(9-17(22)12-28-30)32-14-21(24(33)31-8-2-3-18(27)13-31)29-23(32)15-4-5-16(11-26)20(25)10-15/h4-7,9-10,12,14,18H,2-3,8,13,27H2,1H3/t18-/m1/s1. The zero-order chi connectivity index (χ0) is 23.1. The second kappa shape index (κ2) is 8.15. The van der Waals surface area contributed by atoms with Crippen LogP contribution in [0.2, 0.25) is 0 Å². The van der Waals surface area contributed by atoms with Gasteiger partial charge < -0.3 is 10.6 Å². The molecule has 5 rings (SSSR count). The highest BCUT2D eigenvalue weighted by Gasteiger charge is 2.26. The lowest BCUT2D eigenvalue weighted by atomic mass is 10.1. The molecular weight excluding hydrogens is 421 g/mol. The van der Waals surface area contributed by atoms with Gasteiger partial charge >= 0.3 is 0 Å². The van der Waals surface area contributed by atoms with Crippen LogP contribution >= 0.6 is 0 Å². The number of aromatic nitrogens is 4. The molecular formula is C24H22FN7O. The molecule has 2 aromatic heterocycles. The van der Waals surface area contributed by atoms with Crippen LogP contribution in [0.3, 0.4) is 0 Å². The number of likely N-dealkylation sites (tertiary alicyclic amines) is 1. The van der Waals surface area contributed by atoms with Crippen molar-refractivity contribution < 1.29 is 9.18 Å². The number of carbonyl (C=O) groups is 1. The monoisotopic (exact) mass is 443 g/mol. The van der Waals surface area contributed by atoms with Crippen molar-refractivity contribution in [2.24, 2.45) is 12.8 Å². The van der Waals surface area contributed by atoms with E-state index in [9.17, 15) is 9.18 Å². The molecule has 1 aliphatic heterocycles. The third kappa shape index (κ3) is 3.75. The van der Waals surface area contributed by atoms with E-state index in [2.05, 4.69) is 10.1 Å². The first-order valence-electron chi connectivity index (χ1n) is 10.7. The van der Waals surface area contributed by atoms with Crippen molar-refractivity contribution in [1.82, 2.24) is 24.2 Å². The Morgan fingerprint density at radius 2 is 2.12 bits per heavy atom. The summed E-state index contributed by atoms with van der Waals surface area (Å²) in [5.74, 6) is -0.435. The van der Waals surface area contributed by atoms with Crippen LogP contribution < -0.4 is 5.73 Å². The van der Waals surface area contributed by atoms with E-state index in [1.165, 1.54) is 12.1 Å². The van der Waals surface area contributed by atoms with Crippen molar-refractivity contribution in [2.45, 2.75) is 18.9 Å². The SMILES string of the molecule is Cn1ncc2cc(-n3cc(C(=O)N4CCC[C@@H](N)C4)nc3-c3ccc(C#N)c(F)c3)ccc21. The number of rotatable bonds is 3. The molecule has 0 aliphatic carbocycles. The minimum atomic E-state index is -0.637. The lowest BCUT2D eigenvalue weighted by Gasteiger charge is -2.30. The van der Waals surface area contributed by atoms with Crippen LogP contribution in [-0.4, -0.2) is 49.3 Å². The minimum Gasteiger partial charge on any atom is -0.336 e. The lowest BCUT2D eigenvalue weighted by Crippen LogP contribution is -2.45. The Labute approximate surface area is 189 Å². The molecule has 0 unspecified atom stereocenters. The van der Waals surface area contributed by atoms with Crippen LogP contribution in [0.5, 0.6) is 0 Å². The fourth-order valence-electron chi connectivity index (χ4n) is 4.29. The molecule has 2 N–H and O–H groups in total. The molecule has 9 heteroatoms. The highest BCUT2D eigenvalue weighted by Crippen LogP contribution is 2.27. The number of piperidine rings is 1. The summed E-state index contributed by atoms with van der Waals surface area (Å²) in [6.45, 7) is 1.11. The van der Waals surface area contributed by atoms with Gasteiger partial charge in [0.05, 0.1) is 17.3 Å². The summed E-state index contributed by atoms with van der Waals surface area (Å²) in [6.07, 6.45) is 5.17. The van der Waals surface area contributed by atoms with Crippen molar-refractivity contribution in [2.75, 3.05) is 13.1 Å². The van der Waals surface area contributed by atoms with Gasteiger partial charge in [-0.2, -0.15) is 10.4 Å². The molecule has 0 radical (unpaired) electrons. The third-order valence-corrected chi connectivity index (χ3v) is 6.03. The highest BCUT2D eigenvalue weighted by molar-refractivity contribution is 5.93. The van der Waals surface area contributed by atoms with Crippen LogP contribution in [-0.2, 0) is 7.05 Å². The predicted octanol–water partition coefficient (Wildman–Crippen LogP) is 3.00. The molecule has 8 nitrogen and oxygen atoms in total. The van der Waals surface area contributed by atoms with Gasteiger partial charge in [-0.25, -0.2) is 9.37 Å². The smallest absolute Gasteiger partial charge is 0.274 e. The third-order valence-electron chi connectivity index (χ3n) is 6.03. The second-order valence-corrected chi connectivity index (χ2v) is 8.29. The summed E-state index contributed by atoms with van der Waals surface area (Å²) in [7, 11) is 1.87. The maximum atomic E-state index is 14.4. The molecule has 2 aromatic carbocycles. The first kappa shape index (κ1) is 20.8. The first-order valence-corrected chi connectivity index (χ1v) is 10.7. The molecule has 1 atom stereocenters. The van der Waals surface area contributed by atoms with E-state index in [0.29, 0.717) is 24.5 Å². The molecule has 1 aliphatic rings. The van der Waals surface area contributed by atoms with E-state index < -0.39 is 5.82 Å². The first-order chi connectivity index (χ1) is 15.9. The normalized spacial score (nSPS) is 16.2. The number of nitriles is 1. The number of nitrogens with zero attached hydrogens (tertiary/aromatic N) is 6. The van der Waals surface area contributed by atoms with Crippen molar-refractivity contribution in [3.63, 3.8) is 0 Å². The second-order valence-electron chi connectivity index (χ2n) is 8.29. The van der Waals surface area contributed by atoms with E-state index in [0.717, 1.165) is 29.4 Å². The molecule has 1 saturated heterocycles. The number of hydrogen-bond donors (Lipinski definition) is 1. The van der Waals surface area contributed by atoms with Crippen LogP contribution in [0, 0.1) is 17.1 Å². The Morgan fingerprint density at radius 3 is 2.88 bits per heavy atom. The average molecular weight is 443 g/mol. The van der Waals surface area contributed by atoms with Gasteiger partial charge in [-0.15, -0.1) is 0 Å². The van der Waals surface area contributed by atoms with Gasteiger partial charge in [-0.05, 0) is 49.2 Å². The largest absolute Gasteiger partial charge is 0.336 e. The number of imidazole rings is 1. The number of benzene rings is 2. The zero-order valence-corrected chi connectivity index (χ0v) is 18.1.